The maximum absolute atomic E-state index is 12.3. The molecule has 6 heavy (non-hydrogen) atoms. The SMILES string of the molecule is C[CH2][Ge]([CH3])([CH3])[F]. The first-order chi connectivity index (χ1) is 2.56. The van der Waals surface area contributed by atoms with Gasteiger partial charge in [0.2, 0.25) is 0 Å². The second-order valence-corrected chi connectivity index (χ2v) is 10.8. The zero-order chi connectivity index (χ0) is 5.21. The van der Waals surface area contributed by atoms with Crippen LogP contribution in [0, 0.1) is 0 Å². The summed E-state index contributed by atoms with van der Waals surface area (Å²) in [5, 5.41) is 0.792. The van der Waals surface area contributed by atoms with Gasteiger partial charge in [-0.1, -0.05) is 0 Å². The van der Waals surface area contributed by atoms with Gasteiger partial charge >= 0.3 is 40.9 Å². The molecule has 0 nitrogen and oxygen atoms in total. The summed E-state index contributed by atoms with van der Waals surface area (Å²) < 4.78 is 12.3. The van der Waals surface area contributed by atoms with Crippen LogP contribution in [0.25, 0.3) is 0 Å². The predicted molar refractivity (Wildman–Crippen MR) is 29.1 cm³/mol. The molecule has 0 heterocycles. The molecule has 0 aliphatic carbocycles. The molecule has 0 saturated heterocycles. The van der Waals surface area contributed by atoms with E-state index in [0.717, 1.165) is 5.25 Å². The van der Waals surface area contributed by atoms with Crippen molar-refractivity contribution in [3.63, 3.8) is 0 Å². The fourth-order valence-electron chi connectivity index (χ4n) is 0. The Morgan fingerprint density at radius 2 is 1.67 bits per heavy atom. The molecule has 0 amide bonds. The predicted octanol–water partition coefficient (Wildman–Crippen LogP) is 2.18. The number of hydrogen-bond acceptors (Lipinski definition) is 0. The van der Waals surface area contributed by atoms with Gasteiger partial charge in [-0.15, -0.1) is 0 Å². The Morgan fingerprint density at radius 1 is 1.50 bits per heavy atom. The fraction of sp³-hybridized carbons (Fsp3) is 1.00. The maximum atomic E-state index is 12.3. The molecule has 0 atom stereocenters. The summed E-state index contributed by atoms with van der Waals surface area (Å²) in [4.78, 5) is 0. The van der Waals surface area contributed by atoms with Crippen molar-refractivity contribution >= 4 is 13.7 Å². The van der Waals surface area contributed by atoms with Crippen LogP contribution in [-0.2, 0) is 0 Å². The average Bonchev–Trinajstić information content (AvgIpc) is 1.35. The molecular formula is C4H11FGe. The van der Waals surface area contributed by atoms with Crippen molar-refractivity contribution in [1.82, 2.24) is 0 Å². The molecule has 0 fully saturated rings. The van der Waals surface area contributed by atoms with Crippen LogP contribution >= 0.6 is 0 Å². The Balaban J connectivity index is 3.17. The van der Waals surface area contributed by atoms with Crippen LogP contribution in [0.15, 0.2) is 0 Å². The average molecular weight is 151 g/mol. The summed E-state index contributed by atoms with van der Waals surface area (Å²) in [6.45, 7) is 1.92. The van der Waals surface area contributed by atoms with Crippen molar-refractivity contribution in [2.24, 2.45) is 0 Å². The van der Waals surface area contributed by atoms with E-state index in [1.807, 2.05) is 6.92 Å². The first-order valence-electron chi connectivity index (χ1n) is 2.25. The molecule has 0 aliphatic rings. The molecule has 0 unspecified atom stereocenters. The molecule has 0 saturated carbocycles. The molecule has 38 valence electrons. The molecule has 0 aromatic rings. The van der Waals surface area contributed by atoms with Crippen LogP contribution in [0.4, 0.5) is 3.50 Å². The van der Waals surface area contributed by atoms with Gasteiger partial charge < -0.3 is 0 Å². The van der Waals surface area contributed by atoms with E-state index >= 15 is 0 Å². The number of halogens is 1. The van der Waals surface area contributed by atoms with Gasteiger partial charge in [0, 0.05) is 0 Å². The summed E-state index contributed by atoms with van der Waals surface area (Å²) in [5.74, 6) is 3.53. The first-order valence-corrected chi connectivity index (χ1v) is 8.72. The minimum atomic E-state index is -2.54. The molecule has 0 rings (SSSR count). The van der Waals surface area contributed by atoms with Crippen molar-refractivity contribution in [2.75, 3.05) is 0 Å². The van der Waals surface area contributed by atoms with Gasteiger partial charge in [0.25, 0.3) is 0 Å². The Labute approximate surface area is 41.6 Å². The Hall–Kier alpha value is 0.473. The van der Waals surface area contributed by atoms with Gasteiger partial charge in [-0.25, -0.2) is 0 Å². The number of hydrogen-bond donors (Lipinski definition) is 0. The van der Waals surface area contributed by atoms with Gasteiger partial charge in [0.1, 0.15) is 0 Å². The van der Waals surface area contributed by atoms with Gasteiger partial charge in [-0.2, -0.15) is 0 Å². The molecule has 0 radical (unpaired) electrons. The van der Waals surface area contributed by atoms with Crippen molar-refractivity contribution < 1.29 is 3.50 Å². The quantitative estimate of drug-likeness (QED) is 0.503. The third kappa shape index (κ3) is 4.47. The normalized spacial score (nSPS) is 12.0. The Morgan fingerprint density at radius 3 is 1.67 bits per heavy atom. The summed E-state index contributed by atoms with van der Waals surface area (Å²) in [7, 11) is 0. The van der Waals surface area contributed by atoms with Crippen molar-refractivity contribution in [3.8, 4) is 0 Å². The summed E-state index contributed by atoms with van der Waals surface area (Å²) in [5.41, 5.74) is 0. The monoisotopic (exact) mass is 152 g/mol. The van der Waals surface area contributed by atoms with Crippen molar-refractivity contribution in [2.45, 2.75) is 23.7 Å². The van der Waals surface area contributed by atoms with E-state index in [-0.39, 0.29) is 0 Å². The van der Waals surface area contributed by atoms with Crippen LogP contribution in [0.2, 0.25) is 16.8 Å². The van der Waals surface area contributed by atoms with Gasteiger partial charge in [-0.05, 0) is 0 Å². The zero-order valence-corrected chi connectivity index (χ0v) is 6.68. The molecule has 0 spiro atoms. The van der Waals surface area contributed by atoms with Crippen molar-refractivity contribution in [3.05, 3.63) is 0 Å². The molecule has 0 aromatic carbocycles. The molecular weight excluding hydrogens is 140 g/mol. The molecule has 0 bridgehead atoms. The van der Waals surface area contributed by atoms with Crippen LogP contribution in [0.3, 0.4) is 0 Å². The standard InChI is InChI=1S/C4H11FGe/c1-4-6(2,3)5/h4H2,1-3H3. The minimum absolute atomic E-state index is 0.792. The Bertz CT molecular complexity index is 37.3. The van der Waals surface area contributed by atoms with Crippen LogP contribution < -0.4 is 0 Å². The van der Waals surface area contributed by atoms with E-state index in [2.05, 4.69) is 0 Å². The summed E-state index contributed by atoms with van der Waals surface area (Å²) >= 11 is -2.54. The second kappa shape index (κ2) is 1.96. The van der Waals surface area contributed by atoms with E-state index in [1.165, 1.54) is 0 Å². The summed E-state index contributed by atoms with van der Waals surface area (Å²) in [6, 6.07) is 0. The third-order valence-corrected chi connectivity index (χ3v) is 4.37. The van der Waals surface area contributed by atoms with Gasteiger partial charge in [-0.3, -0.25) is 0 Å². The summed E-state index contributed by atoms with van der Waals surface area (Å²) in [6.07, 6.45) is 0. The van der Waals surface area contributed by atoms with Gasteiger partial charge in [0.15, 0.2) is 0 Å². The second-order valence-electron chi connectivity index (χ2n) is 2.07. The molecule has 2 heteroatoms. The van der Waals surface area contributed by atoms with Crippen LogP contribution in [-0.4, -0.2) is 13.7 Å². The molecule has 0 aromatic heterocycles. The fourth-order valence-corrected chi connectivity index (χ4v) is 0. The van der Waals surface area contributed by atoms with E-state index in [0.29, 0.717) is 0 Å². The van der Waals surface area contributed by atoms with Gasteiger partial charge in [0.05, 0.1) is 0 Å². The van der Waals surface area contributed by atoms with E-state index in [9.17, 15) is 3.50 Å². The topological polar surface area (TPSA) is 0 Å². The van der Waals surface area contributed by atoms with E-state index < -0.39 is 13.7 Å². The molecule has 0 aliphatic heterocycles. The first kappa shape index (κ1) is 6.47. The van der Waals surface area contributed by atoms with E-state index in [4.69, 9.17) is 0 Å². The molecule has 0 N–H and O–H groups in total. The number of rotatable bonds is 1. The Kier molecular flexibility index (Phi) is 2.12. The van der Waals surface area contributed by atoms with Crippen LogP contribution in [0.5, 0.6) is 0 Å². The zero-order valence-electron chi connectivity index (χ0n) is 4.59. The van der Waals surface area contributed by atoms with Crippen molar-refractivity contribution in [1.29, 1.82) is 0 Å². The third-order valence-electron chi connectivity index (χ3n) is 0.841. The van der Waals surface area contributed by atoms with Crippen LogP contribution in [0.1, 0.15) is 6.92 Å². The van der Waals surface area contributed by atoms with E-state index in [1.54, 1.807) is 11.5 Å².